The van der Waals surface area contributed by atoms with Gasteiger partial charge in [0.05, 0.1) is 13.0 Å². The van der Waals surface area contributed by atoms with E-state index in [1.807, 2.05) is 31.2 Å². The summed E-state index contributed by atoms with van der Waals surface area (Å²) < 4.78 is 5.65. The highest BCUT2D eigenvalue weighted by Crippen LogP contribution is 2.25. The largest absolute Gasteiger partial charge is 0.493 e. The maximum atomic E-state index is 11.4. The number of benzene rings is 1. The number of nitrogens with two attached hydrogens (primary N) is 1. The quantitative estimate of drug-likeness (QED) is 0.839. The zero-order chi connectivity index (χ0) is 13.5. The number of hydrogen-bond acceptors (Lipinski definition) is 3. The predicted molar refractivity (Wildman–Crippen MR) is 72.5 cm³/mol. The maximum Gasteiger partial charge on any atom is 0.225 e. The van der Waals surface area contributed by atoms with Gasteiger partial charge in [-0.15, -0.1) is 0 Å². The van der Waals surface area contributed by atoms with Gasteiger partial charge in [0.25, 0.3) is 0 Å². The Bertz CT molecular complexity index is 391. The van der Waals surface area contributed by atoms with Gasteiger partial charge in [0.15, 0.2) is 0 Å². The highest BCUT2D eigenvalue weighted by atomic mass is 16.5. The van der Waals surface area contributed by atoms with Gasteiger partial charge in [-0.3, -0.25) is 4.79 Å². The lowest BCUT2D eigenvalue weighted by Gasteiger charge is -2.16. The van der Waals surface area contributed by atoms with E-state index in [0.717, 1.165) is 17.7 Å². The summed E-state index contributed by atoms with van der Waals surface area (Å²) in [4.78, 5) is 13.0. The molecule has 1 atom stereocenters. The van der Waals surface area contributed by atoms with Crippen LogP contribution in [0.25, 0.3) is 0 Å². The molecule has 4 heteroatoms. The zero-order valence-electron chi connectivity index (χ0n) is 11.3. The highest BCUT2D eigenvalue weighted by molar-refractivity contribution is 5.75. The number of rotatable bonds is 6. The summed E-state index contributed by atoms with van der Waals surface area (Å²) in [6, 6.07) is 7.70. The molecule has 0 spiro atoms. The van der Waals surface area contributed by atoms with E-state index in [2.05, 4.69) is 0 Å². The molecular formula is C14H22N2O2. The molecule has 2 N–H and O–H groups in total. The van der Waals surface area contributed by atoms with E-state index in [1.54, 1.807) is 19.0 Å². The van der Waals surface area contributed by atoms with E-state index in [0.29, 0.717) is 13.0 Å². The van der Waals surface area contributed by atoms with Crippen molar-refractivity contribution in [2.75, 3.05) is 20.7 Å². The molecule has 0 aromatic heterocycles. The fourth-order valence-electron chi connectivity index (χ4n) is 1.61. The highest BCUT2D eigenvalue weighted by Gasteiger charge is 2.10. The molecule has 18 heavy (non-hydrogen) atoms. The average molecular weight is 250 g/mol. The van der Waals surface area contributed by atoms with Gasteiger partial charge in [-0.1, -0.05) is 25.1 Å². The van der Waals surface area contributed by atoms with Gasteiger partial charge in [-0.05, 0) is 12.5 Å². The molecule has 0 heterocycles. The van der Waals surface area contributed by atoms with Gasteiger partial charge in [0.2, 0.25) is 5.91 Å². The molecule has 0 aliphatic heterocycles. The Morgan fingerprint density at radius 1 is 1.39 bits per heavy atom. The lowest BCUT2D eigenvalue weighted by Crippen LogP contribution is -2.23. The monoisotopic (exact) mass is 250 g/mol. The van der Waals surface area contributed by atoms with E-state index >= 15 is 0 Å². The molecule has 0 fully saturated rings. The molecule has 0 bridgehead atoms. The minimum Gasteiger partial charge on any atom is -0.493 e. The third-order valence-corrected chi connectivity index (χ3v) is 2.83. The number of nitrogens with zero attached hydrogens (tertiary/aromatic N) is 1. The lowest BCUT2D eigenvalue weighted by molar-refractivity contribution is -0.129. The smallest absolute Gasteiger partial charge is 0.225 e. The molecular weight excluding hydrogens is 228 g/mol. The van der Waals surface area contributed by atoms with Crippen molar-refractivity contribution in [3.63, 3.8) is 0 Å². The van der Waals surface area contributed by atoms with Crippen LogP contribution in [-0.2, 0) is 4.79 Å². The second-order valence-electron chi connectivity index (χ2n) is 4.44. The summed E-state index contributed by atoms with van der Waals surface area (Å²) in [6.45, 7) is 2.42. The van der Waals surface area contributed by atoms with Crippen LogP contribution in [0.5, 0.6) is 5.75 Å². The van der Waals surface area contributed by atoms with Gasteiger partial charge in [0, 0.05) is 25.7 Å². The van der Waals surface area contributed by atoms with Crippen LogP contribution in [0.3, 0.4) is 0 Å². The standard InChI is InChI=1S/C14H22N2O2/c1-4-12(15)11-7-5-6-8-13(11)18-10-9-14(17)16(2)3/h5-8,12H,4,9-10,15H2,1-3H3. The predicted octanol–water partition coefficient (Wildman–Crippen LogP) is 1.95. The average Bonchev–Trinajstić information content (AvgIpc) is 2.38. The Morgan fingerprint density at radius 2 is 2.06 bits per heavy atom. The summed E-state index contributed by atoms with van der Waals surface area (Å²) in [6.07, 6.45) is 1.24. The van der Waals surface area contributed by atoms with Gasteiger partial charge < -0.3 is 15.4 Å². The normalized spacial score (nSPS) is 12.0. The number of para-hydroxylation sites is 1. The van der Waals surface area contributed by atoms with Crippen molar-refractivity contribution in [3.8, 4) is 5.75 Å². The number of carbonyl (C=O) groups is 1. The van der Waals surface area contributed by atoms with Crippen LogP contribution >= 0.6 is 0 Å². The molecule has 0 aliphatic rings. The summed E-state index contributed by atoms with van der Waals surface area (Å²) in [5.74, 6) is 0.839. The van der Waals surface area contributed by atoms with Crippen molar-refractivity contribution in [2.24, 2.45) is 5.73 Å². The van der Waals surface area contributed by atoms with Gasteiger partial charge in [0.1, 0.15) is 5.75 Å². The van der Waals surface area contributed by atoms with Crippen LogP contribution in [0.15, 0.2) is 24.3 Å². The fraction of sp³-hybridized carbons (Fsp3) is 0.500. The minimum atomic E-state index is -0.0225. The van der Waals surface area contributed by atoms with Crippen molar-refractivity contribution < 1.29 is 9.53 Å². The minimum absolute atomic E-state index is 0.0225. The van der Waals surface area contributed by atoms with Crippen molar-refractivity contribution in [1.29, 1.82) is 0 Å². The van der Waals surface area contributed by atoms with Crippen LogP contribution in [0.4, 0.5) is 0 Å². The molecule has 100 valence electrons. The van der Waals surface area contributed by atoms with Crippen LogP contribution in [0.1, 0.15) is 31.4 Å². The summed E-state index contributed by atoms with van der Waals surface area (Å²) >= 11 is 0. The Balaban J connectivity index is 2.59. The number of hydrogen-bond donors (Lipinski definition) is 1. The van der Waals surface area contributed by atoms with E-state index in [-0.39, 0.29) is 11.9 Å². The van der Waals surface area contributed by atoms with Gasteiger partial charge in [-0.25, -0.2) is 0 Å². The molecule has 0 aliphatic carbocycles. The van der Waals surface area contributed by atoms with E-state index in [1.165, 1.54) is 0 Å². The summed E-state index contributed by atoms with van der Waals surface area (Å²) in [5.41, 5.74) is 7.02. The molecule has 1 aromatic rings. The summed E-state index contributed by atoms with van der Waals surface area (Å²) in [5, 5.41) is 0. The van der Waals surface area contributed by atoms with E-state index in [4.69, 9.17) is 10.5 Å². The number of ether oxygens (including phenoxy) is 1. The Kier molecular flexibility index (Phi) is 5.65. The molecule has 0 saturated carbocycles. The van der Waals surface area contributed by atoms with Crippen molar-refractivity contribution in [1.82, 2.24) is 4.90 Å². The van der Waals surface area contributed by atoms with Crippen molar-refractivity contribution in [3.05, 3.63) is 29.8 Å². The molecule has 1 aromatic carbocycles. The van der Waals surface area contributed by atoms with Crippen molar-refractivity contribution >= 4 is 5.91 Å². The van der Waals surface area contributed by atoms with Crippen LogP contribution < -0.4 is 10.5 Å². The van der Waals surface area contributed by atoms with Gasteiger partial charge in [-0.2, -0.15) is 0 Å². The zero-order valence-corrected chi connectivity index (χ0v) is 11.3. The third kappa shape index (κ3) is 4.04. The Morgan fingerprint density at radius 3 is 2.67 bits per heavy atom. The first-order valence-corrected chi connectivity index (χ1v) is 6.23. The van der Waals surface area contributed by atoms with Crippen LogP contribution in [0.2, 0.25) is 0 Å². The molecule has 0 saturated heterocycles. The number of amides is 1. The van der Waals surface area contributed by atoms with E-state index in [9.17, 15) is 4.79 Å². The first-order valence-electron chi connectivity index (χ1n) is 6.23. The van der Waals surface area contributed by atoms with Crippen LogP contribution in [-0.4, -0.2) is 31.5 Å². The first kappa shape index (κ1) is 14.5. The summed E-state index contributed by atoms with van der Waals surface area (Å²) in [7, 11) is 3.48. The van der Waals surface area contributed by atoms with E-state index < -0.39 is 0 Å². The first-order chi connectivity index (χ1) is 8.56. The molecule has 0 radical (unpaired) electrons. The lowest BCUT2D eigenvalue weighted by atomic mass is 10.0. The second-order valence-corrected chi connectivity index (χ2v) is 4.44. The Labute approximate surface area is 109 Å². The SMILES string of the molecule is CCC(N)c1ccccc1OCCC(=O)N(C)C. The van der Waals surface area contributed by atoms with Crippen LogP contribution in [0, 0.1) is 0 Å². The molecule has 1 unspecified atom stereocenters. The van der Waals surface area contributed by atoms with Crippen molar-refractivity contribution in [2.45, 2.75) is 25.8 Å². The number of carbonyl (C=O) groups excluding carboxylic acids is 1. The Hall–Kier alpha value is -1.55. The van der Waals surface area contributed by atoms with Gasteiger partial charge >= 0.3 is 0 Å². The topological polar surface area (TPSA) is 55.6 Å². The molecule has 1 rings (SSSR count). The molecule has 4 nitrogen and oxygen atoms in total. The second kappa shape index (κ2) is 7.01. The fourth-order valence-corrected chi connectivity index (χ4v) is 1.61. The third-order valence-electron chi connectivity index (χ3n) is 2.83. The maximum absolute atomic E-state index is 11.4. The molecule has 1 amide bonds.